The summed E-state index contributed by atoms with van der Waals surface area (Å²) in [7, 11) is 1.34. The zero-order valence-electron chi connectivity index (χ0n) is 6.90. The van der Waals surface area contributed by atoms with Gasteiger partial charge in [-0.2, -0.15) is 0 Å². The van der Waals surface area contributed by atoms with E-state index in [2.05, 4.69) is 5.32 Å². The maximum atomic E-state index is 13.0. The first kappa shape index (κ1) is 9.44. The van der Waals surface area contributed by atoms with Gasteiger partial charge in [0.05, 0.1) is 11.3 Å². The van der Waals surface area contributed by atoms with Crippen molar-refractivity contribution in [1.29, 1.82) is 0 Å². The predicted octanol–water partition coefficient (Wildman–Crippen LogP) is 0.907. The summed E-state index contributed by atoms with van der Waals surface area (Å²) >= 11 is 0. The van der Waals surface area contributed by atoms with Crippen LogP contribution in [-0.4, -0.2) is 13.0 Å². The number of nitrogens with two attached hydrogens (primary N) is 1. The van der Waals surface area contributed by atoms with Crippen molar-refractivity contribution < 1.29 is 13.6 Å². The van der Waals surface area contributed by atoms with Crippen LogP contribution in [0.5, 0.6) is 0 Å². The first-order chi connectivity index (χ1) is 6.06. The van der Waals surface area contributed by atoms with Crippen molar-refractivity contribution in [2.45, 2.75) is 0 Å². The number of anilines is 1. The second-order valence-electron chi connectivity index (χ2n) is 2.43. The van der Waals surface area contributed by atoms with Crippen LogP contribution in [-0.2, 0) is 0 Å². The van der Waals surface area contributed by atoms with E-state index in [1.165, 1.54) is 7.05 Å². The number of nitrogen functional groups attached to an aromatic ring is 1. The molecule has 0 saturated carbocycles. The number of hydrogen-bond acceptors (Lipinski definition) is 2. The van der Waals surface area contributed by atoms with Crippen LogP contribution in [0.1, 0.15) is 10.4 Å². The van der Waals surface area contributed by atoms with E-state index < -0.39 is 17.5 Å². The Kier molecular flexibility index (Phi) is 2.46. The van der Waals surface area contributed by atoms with Crippen LogP contribution in [0.3, 0.4) is 0 Å². The van der Waals surface area contributed by atoms with E-state index >= 15 is 0 Å². The molecule has 1 aromatic carbocycles. The Hall–Kier alpha value is -1.65. The third kappa shape index (κ3) is 1.74. The van der Waals surface area contributed by atoms with Gasteiger partial charge in [0.2, 0.25) is 0 Å². The molecular weight excluding hydrogens is 178 g/mol. The SMILES string of the molecule is CNC(=O)c1c(N)cc(F)cc1F. The van der Waals surface area contributed by atoms with Crippen LogP contribution in [0.15, 0.2) is 12.1 Å². The van der Waals surface area contributed by atoms with Crippen molar-refractivity contribution in [3.63, 3.8) is 0 Å². The molecule has 0 aliphatic rings. The monoisotopic (exact) mass is 186 g/mol. The molecule has 13 heavy (non-hydrogen) atoms. The number of halogens is 2. The number of nitrogens with one attached hydrogen (secondary N) is 1. The summed E-state index contributed by atoms with van der Waals surface area (Å²) in [4.78, 5) is 11.0. The van der Waals surface area contributed by atoms with Crippen molar-refractivity contribution in [2.75, 3.05) is 12.8 Å². The largest absolute Gasteiger partial charge is 0.398 e. The molecule has 1 rings (SSSR count). The summed E-state index contributed by atoms with van der Waals surface area (Å²) in [6.45, 7) is 0. The summed E-state index contributed by atoms with van der Waals surface area (Å²) in [5.41, 5.74) is 4.72. The van der Waals surface area contributed by atoms with E-state index in [4.69, 9.17) is 5.73 Å². The Labute approximate surface area is 73.5 Å². The minimum absolute atomic E-state index is 0.211. The van der Waals surface area contributed by atoms with Crippen molar-refractivity contribution in [2.24, 2.45) is 0 Å². The first-order valence-electron chi connectivity index (χ1n) is 3.53. The molecule has 0 aromatic heterocycles. The van der Waals surface area contributed by atoms with Gasteiger partial charge >= 0.3 is 0 Å². The molecule has 3 nitrogen and oxygen atoms in total. The van der Waals surface area contributed by atoms with Crippen LogP contribution >= 0.6 is 0 Å². The molecule has 0 atom stereocenters. The van der Waals surface area contributed by atoms with Crippen molar-refractivity contribution in [3.05, 3.63) is 29.3 Å². The molecule has 1 amide bonds. The lowest BCUT2D eigenvalue weighted by Crippen LogP contribution is -2.21. The van der Waals surface area contributed by atoms with E-state index in [9.17, 15) is 13.6 Å². The topological polar surface area (TPSA) is 55.1 Å². The summed E-state index contributed by atoms with van der Waals surface area (Å²) in [5.74, 6) is -2.44. The summed E-state index contributed by atoms with van der Waals surface area (Å²) in [6.07, 6.45) is 0. The molecular formula is C8H8F2N2O. The first-order valence-corrected chi connectivity index (χ1v) is 3.53. The molecule has 70 valence electrons. The van der Waals surface area contributed by atoms with Crippen LogP contribution in [0.25, 0.3) is 0 Å². The van der Waals surface area contributed by atoms with Gasteiger partial charge in [0.25, 0.3) is 5.91 Å². The van der Waals surface area contributed by atoms with Gasteiger partial charge < -0.3 is 11.1 Å². The molecule has 0 bridgehead atoms. The van der Waals surface area contributed by atoms with E-state index in [-0.39, 0.29) is 11.3 Å². The van der Waals surface area contributed by atoms with Gasteiger partial charge in [-0.25, -0.2) is 8.78 Å². The number of amides is 1. The van der Waals surface area contributed by atoms with Gasteiger partial charge in [-0.05, 0) is 6.07 Å². The highest BCUT2D eigenvalue weighted by Crippen LogP contribution is 2.17. The molecule has 1 aromatic rings. The molecule has 0 radical (unpaired) electrons. The van der Waals surface area contributed by atoms with Crippen LogP contribution in [0.4, 0.5) is 14.5 Å². The highest BCUT2D eigenvalue weighted by Gasteiger charge is 2.15. The molecule has 0 spiro atoms. The summed E-state index contributed by atoms with van der Waals surface area (Å²) < 4.78 is 25.5. The Morgan fingerprint density at radius 1 is 1.46 bits per heavy atom. The van der Waals surface area contributed by atoms with Crippen LogP contribution < -0.4 is 11.1 Å². The van der Waals surface area contributed by atoms with Crippen molar-refractivity contribution in [1.82, 2.24) is 5.32 Å². The smallest absolute Gasteiger partial charge is 0.256 e. The van der Waals surface area contributed by atoms with Crippen molar-refractivity contribution in [3.8, 4) is 0 Å². The zero-order valence-corrected chi connectivity index (χ0v) is 6.90. The number of benzene rings is 1. The fourth-order valence-electron chi connectivity index (χ4n) is 0.958. The minimum atomic E-state index is -0.961. The van der Waals surface area contributed by atoms with Gasteiger partial charge in [0, 0.05) is 13.1 Å². The molecule has 0 saturated heterocycles. The third-order valence-corrected chi connectivity index (χ3v) is 1.54. The Bertz CT molecular complexity index is 329. The van der Waals surface area contributed by atoms with Crippen LogP contribution in [0, 0.1) is 11.6 Å². The molecule has 0 aliphatic heterocycles. The number of rotatable bonds is 1. The number of carbonyl (C=O) groups excluding carboxylic acids is 1. The minimum Gasteiger partial charge on any atom is -0.398 e. The summed E-state index contributed by atoms with van der Waals surface area (Å²) in [6, 6.07) is 1.51. The Morgan fingerprint density at radius 3 is 2.54 bits per heavy atom. The van der Waals surface area contributed by atoms with Gasteiger partial charge in [-0.15, -0.1) is 0 Å². The standard InChI is InChI=1S/C8H8F2N2O/c1-12-8(13)7-5(10)2-4(9)3-6(7)11/h2-3H,11H2,1H3,(H,12,13). The maximum Gasteiger partial charge on any atom is 0.256 e. The van der Waals surface area contributed by atoms with Gasteiger partial charge in [-0.3, -0.25) is 4.79 Å². The van der Waals surface area contributed by atoms with Gasteiger partial charge in [0.15, 0.2) is 0 Å². The van der Waals surface area contributed by atoms with E-state index in [0.717, 1.165) is 6.07 Å². The van der Waals surface area contributed by atoms with Crippen molar-refractivity contribution >= 4 is 11.6 Å². The average Bonchev–Trinajstić information content (AvgIpc) is 2.02. The van der Waals surface area contributed by atoms with Gasteiger partial charge in [0.1, 0.15) is 11.6 Å². The number of hydrogen-bond donors (Lipinski definition) is 2. The van der Waals surface area contributed by atoms with Gasteiger partial charge in [-0.1, -0.05) is 0 Å². The van der Waals surface area contributed by atoms with E-state index in [1.54, 1.807) is 0 Å². The summed E-state index contributed by atoms with van der Waals surface area (Å²) in [5, 5.41) is 2.20. The third-order valence-electron chi connectivity index (χ3n) is 1.54. The maximum absolute atomic E-state index is 13.0. The molecule has 5 heteroatoms. The van der Waals surface area contributed by atoms with E-state index in [0.29, 0.717) is 6.07 Å². The fraction of sp³-hybridized carbons (Fsp3) is 0.125. The lowest BCUT2D eigenvalue weighted by molar-refractivity contribution is 0.0960. The average molecular weight is 186 g/mol. The highest BCUT2D eigenvalue weighted by atomic mass is 19.1. The molecule has 0 fully saturated rings. The number of carbonyl (C=O) groups is 1. The lowest BCUT2D eigenvalue weighted by Gasteiger charge is -2.05. The second-order valence-corrected chi connectivity index (χ2v) is 2.43. The Morgan fingerprint density at radius 2 is 2.08 bits per heavy atom. The Balaban J connectivity index is 3.28. The second kappa shape index (κ2) is 3.38. The molecule has 3 N–H and O–H groups in total. The zero-order chi connectivity index (χ0) is 10.0. The molecule has 0 aliphatic carbocycles. The van der Waals surface area contributed by atoms with E-state index in [1.807, 2.05) is 0 Å². The molecule has 0 heterocycles. The molecule has 0 unspecified atom stereocenters. The quantitative estimate of drug-likeness (QED) is 0.640. The predicted molar refractivity (Wildman–Crippen MR) is 44.2 cm³/mol. The van der Waals surface area contributed by atoms with Crippen LogP contribution in [0.2, 0.25) is 0 Å². The normalized spacial score (nSPS) is 9.77. The fourth-order valence-corrected chi connectivity index (χ4v) is 0.958. The lowest BCUT2D eigenvalue weighted by atomic mass is 10.1. The highest BCUT2D eigenvalue weighted by molar-refractivity contribution is 5.99.